The van der Waals surface area contributed by atoms with Crippen LogP contribution in [0.3, 0.4) is 0 Å². The van der Waals surface area contributed by atoms with Gasteiger partial charge in [-0.1, -0.05) is 12.8 Å². The van der Waals surface area contributed by atoms with Crippen LogP contribution in [0.5, 0.6) is 0 Å². The predicted octanol–water partition coefficient (Wildman–Crippen LogP) is 0.893. The van der Waals surface area contributed by atoms with E-state index in [0.717, 1.165) is 4.88 Å². The number of nitrogens with zero attached hydrogens (tertiary/aromatic N) is 1. The third kappa shape index (κ3) is 3.30. The molecule has 0 aliphatic heterocycles. The Morgan fingerprint density at radius 2 is 2.24 bits per heavy atom. The summed E-state index contributed by atoms with van der Waals surface area (Å²) in [6, 6.07) is 3.41. The number of terminal acetylenes is 1. The summed E-state index contributed by atoms with van der Waals surface area (Å²) in [4.78, 5) is 0.975. The van der Waals surface area contributed by atoms with Crippen molar-refractivity contribution in [1.82, 2.24) is 4.31 Å². The van der Waals surface area contributed by atoms with Gasteiger partial charge in [0.25, 0.3) is 10.0 Å². The molecule has 0 spiro atoms. The second-order valence-corrected chi connectivity index (χ2v) is 6.73. The molecule has 0 fully saturated rings. The molecule has 1 aromatic rings. The molecule has 2 N–H and O–H groups in total. The Morgan fingerprint density at radius 1 is 1.53 bits per heavy atom. The molecule has 0 bridgehead atoms. The number of thiophene rings is 1. The van der Waals surface area contributed by atoms with Gasteiger partial charge in [-0.15, -0.1) is 17.8 Å². The van der Waals surface area contributed by atoms with Crippen LogP contribution in [-0.2, 0) is 16.4 Å². The van der Waals surface area contributed by atoms with Crippen LogP contribution < -0.4 is 5.73 Å². The van der Waals surface area contributed by atoms with E-state index in [9.17, 15) is 8.42 Å². The molecule has 1 rings (SSSR count). The monoisotopic (exact) mass is 272 g/mol. The number of nitrogens with two attached hydrogens (primary N) is 1. The Kier molecular flexibility index (Phi) is 5.15. The van der Waals surface area contributed by atoms with Gasteiger partial charge >= 0.3 is 0 Å². The van der Waals surface area contributed by atoms with Gasteiger partial charge in [0, 0.05) is 11.4 Å². The first-order valence-corrected chi connectivity index (χ1v) is 7.54. The van der Waals surface area contributed by atoms with E-state index in [2.05, 4.69) is 5.92 Å². The number of hydrogen-bond donors (Lipinski definition) is 1. The van der Waals surface area contributed by atoms with Gasteiger partial charge in [-0.25, -0.2) is 8.42 Å². The lowest BCUT2D eigenvalue weighted by atomic mass is 10.3. The van der Waals surface area contributed by atoms with Gasteiger partial charge in [0.1, 0.15) is 4.21 Å². The zero-order valence-electron chi connectivity index (χ0n) is 9.72. The molecule has 6 heteroatoms. The summed E-state index contributed by atoms with van der Waals surface area (Å²) in [7, 11) is -3.44. The molecule has 0 saturated carbocycles. The maximum atomic E-state index is 12.2. The third-order valence-corrected chi connectivity index (χ3v) is 5.78. The third-order valence-electron chi connectivity index (χ3n) is 2.24. The van der Waals surface area contributed by atoms with Gasteiger partial charge in [0.05, 0.1) is 6.54 Å². The van der Waals surface area contributed by atoms with Crippen LogP contribution in [0.1, 0.15) is 11.8 Å². The van der Waals surface area contributed by atoms with E-state index in [1.54, 1.807) is 19.1 Å². The quantitative estimate of drug-likeness (QED) is 0.782. The van der Waals surface area contributed by atoms with Gasteiger partial charge in [-0.2, -0.15) is 4.31 Å². The lowest BCUT2D eigenvalue weighted by molar-refractivity contribution is 0.466. The Balaban J connectivity index is 2.99. The predicted molar refractivity (Wildman–Crippen MR) is 70.3 cm³/mol. The van der Waals surface area contributed by atoms with Crippen molar-refractivity contribution in [3.8, 4) is 12.3 Å². The number of rotatable bonds is 6. The van der Waals surface area contributed by atoms with Crippen molar-refractivity contribution >= 4 is 21.4 Å². The van der Waals surface area contributed by atoms with E-state index in [0.29, 0.717) is 23.7 Å². The molecule has 1 heterocycles. The summed E-state index contributed by atoms with van der Waals surface area (Å²) in [5, 5.41) is 0. The highest BCUT2D eigenvalue weighted by atomic mass is 32.2. The first-order valence-electron chi connectivity index (χ1n) is 5.28. The molecular weight excluding hydrogens is 256 g/mol. The lowest BCUT2D eigenvalue weighted by Crippen LogP contribution is -2.30. The van der Waals surface area contributed by atoms with Crippen molar-refractivity contribution in [3.63, 3.8) is 0 Å². The molecule has 0 unspecified atom stereocenters. The first kappa shape index (κ1) is 14.2. The average molecular weight is 272 g/mol. The molecule has 17 heavy (non-hydrogen) atoms. The first-order chi connectivity index (χ1) is 8.06. The highest BCUT2D eigenvalue weighted by Gasteiger charge is 2.23. The second kappa shape index (κ2) is 6.17. The summed E-state index contributed by atoms with van der Waals surface area (Å²) in [6.45, 7) is 2.75. The zero-order valence-corrected chi connectivity index (χ0v) is 11.4. The number of sulfonamides is 1. The summed E-state index contributed by atoms with van der Waals surface area (Å²) in [6.07, 6.45) is 5.86. The van der Waals surface area contributed by atoms with Crippen LogP contribution in [0.2, 0.25) is 0 Å². The molecule has 0 atom stereocenters. The fourth-order valence-corrected chi connectivity index (χ4v) is 4.26. The fourth-order valence-electron chi connectivity index (χ4n) is 1.37. The van der Waals surface area contributed by atoms with Gasteiger partial charge in [0.2, 0.25) is 0 Å². The molecule has 4 nitrogen and oxygen atoms in total. The van der Waals surface area contributed by atoms with Crippen molar-refractivity contribution in [3.05, 3.63) is 17.0 Å². The number of hydrogen-bond acceptors (Lipinski definition) is 4. The highest BCUT2D eigenvalue weighted by Crippen LogP contribution is 2.24. The largest absolute Gasteiger partial charge is 0.330 e. The topological polar surface area (TPSA) is 63.4 Å². The smallest absolute Gasteiger partial charge is 0.253 e. The van der Waals surface area contributed by atoms with E-state index in [4.69, 9.17) is 12.2 Å². The summed E-state index contributed by atoms with van der Waals surface area (Å²) in [5.74, 6) is 2.36. The van der Waals surface area contributed by atoms with Crippen LogP contribution >= 0.6 is 11.3 Å². The second-order valence-electron chi connectivity index (χ2n) is 3.39. The maximum absolute atomic E-state index is 12.2. The summed E-state index contributed by atoms with van der Waals surface area (Å²) >= 11 is 1.26. The minimum absolute atomic E-state index is 0.100. The van der Waals surface area contributed by atoms with E-state index in [-0.39, 0.29) is 6.54 Å². The molecule has 0 aliphatic rings. The normalized spacial score (nSPS) is 11.6. The molecule has 0 aromatic carbocycles. The molecule has 0 amide bonds. The lowest BCUT2D eigenvalue weighted by Gasteiger charge is -2.16. The van der Waals surface area contributed by atoms with E-state index < -0.39 is 10.0 Å². The van der Waals surface area contributed by atoms with Crippen LogP contribution in [0.4, 0.5) is 0 Å². The molecule has 0 radical (unpaired) electrons. The van der Waals surface area contributed by atoms with Crippen LogP contribution in [0.15, 0.2) is 16.3 Å². The molecule has 1 aromatic heterocycles. The van der Waals surface area contributed by atoms with Crippen molar-refractivity contribution in [1.29, 1.82) is 0 Å². The standard InChI is InChI=1S/C11H16N2O2S2/c1-3-9-13(4-2)17(14,15)11-6-5-10(16-11)7-8-12/h1,5-6H,4,7-9,12H2,2H3. The van der Waals surface area contributed by atoms with Gasteiger partial charge in [0.15, 0.2) is 0 Å². The van der Waals surface area contributed by atoms with E-state index >= 15 is 0 Å². The average Bonchev–Trinajstić information content (AvgIpc) is 2.75. The Labute approximate surface area is 106 Å². The van der Waals surface area contributed by atoms with Crippen LogP contribution in [0, 0.1) is 12.3 Å². The van der Waals surface area contributed by atoms with Gasteiger partial charge in [-0.05, 0) is 25.1 Å². The molecule has 0 aliphatic carbocycles. The van der Waals surface area contributed by atoms with Crippen molar-refractivity contribution in [2.24, 2.45) is 5.73 Å². The Hall–Kier alpha value is -0.870. The van der Waals surface area contributed by atoms with Crippen molar-refractivity contribution < 1.29 is 8.42 Å². The minimum Gasteiger partial charge on any atom is -0.330 e. The van der Waals surface area contributed by atoms with Crippen molar-refractivity contribution in [2.75, 3.05) is 19.6 Å². The summed E-state index contributed by atoms with van der Waals surface area (Å²) in [5.41, 5.74) is 5.43. The van der Waals surface area contributed by atoms with Crippen LogP contribution in [-0.4, -0.2) is 32.4 Å². The SMILES string of the molecule is C#CCN(CC)S(=O)(=O)c1ccc(CCN)s1. The Morgan fingerprint density at radius 3 is 2.76 bits per heavy atom. The van der Waals surface area contributed by atoms with Gasteiger partial charge in [-0.3, -0.25) is 0 Å². The molecule has 94 valence electrons. The van der Waals surface area contributed by atoms with Crippen molar-refractivity contribution in [2.45, 2.75) is 17.6 Å². The van der Waals surface area contributed by atoms with E-state index in [1.165, 1.54) is 15.6 Å². The minimum atomic E-state index is -3.44. The zero-order chi connectivity index (χ0) is 12.9. The molecular formula is C11H16N2O2S2. The van der Waals surface area contributed by atoms with Crippen LogP contribution in [0.25, 0.3) is 0 Å². The maximum Gasteiger partial charge on any atom is 0.253 e. The molecule has 0 saturated heterocycles. The summed E-state index contributed by atoms with van der Waals surface area (Å²) < 4.78 is 26.0. The highest BCUT2D eigenvalue weighted by molar-refractivity contribution is 7.91. The van der Waals surface area contributed by atoms with E-state index in [1.807, 2.05) is 0 Å². The Bertz CT molecular complexity index is 500. The van der Waals surface area contributed by atoms with Gasteiger partial charge < -0.3 is 5.73 Å². The fraction of sp³-hybridized carbons (Fsp3) is 0.455.